The number of nitrogens with zero attached hydrogens (tertiary/aromatic N) is 3. The van der Waals surface area contributed by atoms with Crippen LogP contribution in [0.15, 0.2) is 6.20 Å². The van der Waals surface area contributed by atoms with Gasteiger partial charge in [0.05, 0.1) is 18.8 Å². The molecule has 0 saturated heterocycles. The van der Waals surface area contributed by atoms with E-state index in [0.29, 0.717) is 13.1 Å². The summed E-state index contributed by atoms with van der Waals surface area (Å²) in [4.78, 5) is 22.2. The predicted molar refractivity (Wildman–Crippen MR) is 67.7 cm³/mol. The summed E-state index contributed by atoms with van der Waals surface area (Å²) in [7, 11) is 0. The Morgan fingerprint density at radius 3 is 2.63 bits per heavy atom. The van der Waals surface area contributed by atoms with Crippen LogP contribution in [0.25, 0.3) is 0 Å². The molecule has 19 heavy (non-hydrogen) atoms. The molecule has 3 N–H and O–H groups in total. The lowest BCUT2D eigenvalue weighted by molar-refractivity contribution is -0.123. The van der Waals surface area contributed by atoms with Crippen LogP contribution >= 0.6 is 0 Å². The average Bonchev–Trinajstić information content (AvgIpc) is 2.76. The van der Waals surface area contributed by atoms with Crippen LogP contribution in [0, 0.1) is 0 Å². The summed E-state index contributed by atoms with van der Waals surface area (Å²) in [5.74, 6) is -1.18. The molecule has 1 rings (SSSR count). The van der Waals surface area contributed by atoms with E-state index in [1.807, 2.05) is 13.8 Å². The third-order valence-electron chi connectivity index (χ3n) is 2.37. The standard InChI is InChI=1S/C11H19N5O3/c1-7(2)13-10(17)8(3)12-4-5-16-6-9(11(18)19)14-15-16/h6-8,12H,4-5H2,1-3H3,(H,13,17)(H,18,19). The van der Waals surface area contributed by atoms with Crippen molar-refractivity contribution < 1.29 is 14.7 Å². The molecule has 1 aromatic rings. The summed E-state index contributed by atoms with van der Waals surface area (Å²) in [6.07, 6.45) is 1.35. The number of nitrogens with one attached hydrogen (secondary N) is 2. The van der Waals surface area contributed by atoms with E-state index in [1.165, 1.54) is 10.9 Å². The second-order valence-corrected chi connectivity index (χ2v) is 4.51. The van der Waals surface area contributed by atoms with E-state index in [1.54, 1.807) is 6.92 Å². The molecule has 0 bridgehead atoms. The molecule has 1 atom stereocenters. The van der Waals surface area contributed by atoms with Crippen LogP contribution in [0.1, 0.15) is 31.3 Å². The summed E-state index contributed by atoms with van der Waals surface area (Å²) in [6, 6.07) is -0.213. The van der Waals surface area contributed by atoms with Crippen LogP contribution in [0.5, 0.6) is 0 Å². The Morgan fingerprint density at radius 2 is 2.11 bits per heavy atom. The highest BCUT2D eigenvalue weighted by Gasteiger charge is 2.13. The predicted octanol–water partition coefficient (Wildman–Crippen LogP) is -0.521. The zero-order valence-electron chi connectivity index (χ0n) is 11.3. The van der Waals surface area contributed by atoms with Crippen molar-refractivity contribution in [1.29, 1.82) is 0 Å². The van der Waals surface area contributed by atoms with Crippen molar-refractivity contribution in [2.24, 2.45) is 0 Å². The van der Waals surface area contributed by atoms with Gasteiger partial charge in [-0.25, -0.2) is 4.79 Å². The van der Waals surface area contributed by atoms with E-state index in [9.17, 15) is 9.59 Å². The van der Waals surface area contributed by atoms with E-state index in [4.69, 9.17) is 5.11 Å². The first-order valence-electron chi connectivity index (χ1n) is 6.07. The zero-order valence-corrected chi connectivity index (χ0v) is 11.3. The second kappa shape index (κ2) is 6.83. The van der Waals surface area contributed by atoms with Crippen molar-refractivity contribution in [2.75, 3.05) is 6.54 Å². The monoisotopic (exact) mass is 269 g/mol. The Hall–Kier alpha value is -1.96. The normalized spacial score (nSPS) is 12.4. The second-order valence-electron chi connectivity index (χ2n) is 4.51. The van der Waals surface area contributed by atoms with Gasteiger partial charge in [-0.05, 0) is 20.8 Å². The number of carbonyl (C=O) groups excluding carboxylic acids is 1. The summed E-state index contributed by atoms with van der Waals surface area (Å²) in [5.41, 5.74) is -0.0920. The molecule has 0 aromatic carbocycles. The molecule has 1 unspecified atom stereocenters. The van der Waals surface area contributed by atoms with Crippen molar-refractivity contribution >= 4 is 11.9 Å². The lowest BCUT2D eigenvalue weighted by Crippen LogP contribution is -2.45. The minimum absolute atomic E-state index is 0.0696. The third kappa shape index (κ3) is 5.04. The van der Waals surface area contributed by atoms with Gasteiger partial charge in [-0.2, -0.15) is 0 Å². The number of carboxylic acids is 1. The quantitative estimate of drug-likeness (QED) is 0.614. The zero-order chi connectivity index (χ0) is 14.4. The molecule has 0 fully saturated rings. The fourth-order valence-corrected chi connectivity index (χ4v) is 1.40. The van der Waals surface area contributed by atoms with E-state index >= 15 is 0 Å². The highest BCUT2D eigenvalue weighted by molar-refractivity contribution is 5.84. The fraction of sp³-hybridized carbons (Fsp3) is 0.636. The molecule has 8 heteroatoms. The van der Waals surface area contributed by atoms with Gasteiger partial charge in [0, 0.05) is 12.6 Å². The van der Waals surface area contributed by atoms with E-state index in [2.05, 4.69) is 20.9 Å². The third-order valence-corrected chi connectivity index (χ3v) is 2.37. The largest absolute Gasteiger partial charge is 0.476 e. The highest BCUT2D eigenvalue weighted by Crippen LogP contribution is 1.92. The van der Waals surface area contributed by atoms with Gasteiger partial charge in [0.1, 0.15) is 0 Å². The molecule has 8 nitrogen and oxygen atoms in total. The van der Waals surface area contributed by atoms with Crippen molar-refractivity contribution in [3.8, 4) is 0 Å². The molecule has 0 radical (unpaired) electrons. The maximum atomic E-state index is 11.6. The molecule has 1 amide bonds. The van der Waals surface area contributed by atoms with Gasteiger partial charge < -0.3 is 15.7 Å². The number of hydrogen-bond acceptors (Lipinski definition) is 5. The van der Waals surface area contributed by atoms with E-state index in [-0.39, 0.29) is 23.7 Å². The van der Waals surface area contributed by atoms with Crippen LogP contribution < -0.4 is 10.6 Å². The van der Waals surface area contributed by atoms with E-state index in [0.717, 1.165) is 0 Å². The molecule has 1 aromatic heterocycles. The molecule has 0 aliphatic carbocycles. The fourth-order valence-electron chi connectivity index (χ4n) is 1.40. The number of carbonyl (C=O) groups is 2. The van der Waals surface area contributed by atoms with Gasteiger partial charge in [0.25, 0.3) is 0 Å². The Kier molecular flexibility index (Phi) is 5.43. The highest BCUT2D eigenvalue weighted by atomic mass is 16.4. The molecule has 0 aliphatic heterocycles. The van der Waals surface area contributed by atoms with Gasteiger partial charge in [0.2, 0.25) is 5.91 Å². The van der Waals surface area contributed by atoms with Crippen LogP contribution in [-0.2, 0) is 11.3 Å². The average molecular weight is 269 g/mol. The first-order chi connectivity index (χ1) is 8.90. The lowest BCUT2D eigenvalue weighted by Gasteiger charge is -2.15. The Balaban J connectivity index is 2.33. The molecule has 1 heterocycles. The SMILES string of the molecule is CC(C)NC(=O)C(C)NCCn1cc(C(=O)O)nn1. The first kappa shape index (κ1) is 15.1. The Labute approximate surface area is 111 Å². The number of amides is 1. The van der Waals surface area contributed by atoms with Gasteiger partial charge >= 0.3 is 5.97 Å². The van der Waals surface area contributed by atoms with Crippen LogP contribution in [-0.4, -0.2) is 50.6 Å². The maximum Gasteiger partial charge on any atom is 0.358 e. The minimum atomic E-state index is -1.11. The van der Waals surface area contributed by atoms with Gasteiger partial charge in [-0.3, -0.25) is 9.48 Å². The van der Waals surface area contributed by atoms with Gasteiger partial charge in [-0.15, -0.1) is 5.10 Å². The molecule has 0 spiro atoms. The van der Waals surface area contributed by atoms with Crippen molar-refractivity contribution in [1.82, 2.24) is 25.6 Å². The number of rotatable bonds is 7. The topological polar surface area (TPSA) is 109 Å². The summed E-state index contributed by atoms with van der Waals surface area (Å²) in [5, 5.41) is 21.7. The van der Waals surface area contributed by atoms with Crippen molar-refractivity contribution in [2.45, 2.75) is 39.4 Å². The maximum absolute atomic E-state index is 11.6. The van der Waals surface area contributed by atoms with Gasteiger partial charge in [-0.1, -0.05) is 5.21 Å². The summed E-state index contributed by atoms with van der Waals surface area (Å²) in [6.45, 7) is 6.50. The molecular weight excluding hydrogens is 250 g/mol. The Morgan fingerprint density at radius 1 is 1.42 bits per heavy atom. The molecular formula is C11H19N5O3. The van der Waals surface area contributed by atoms with Crippen molar-refractivity contribution in [3.63, 3.8) is 0 Å². The van der Waals surface area contributed by atoms with Gasteiger partial charge in [0.15, 0.2) is 5.69 Å². The van der Waals surface area contributed by atoms with Crippen LogP contribution in [0.3, 0.4) is 0 Å². The smallest absolute Gasteiger partial charge is 0.358 e. The van der Waals surface area contributed by atoms with Crippen LogP contribution in [0.4, 0.5) is 0 Å². The lowest BCUT2D eigenvalue weighted by atomic mass is 10.3. The number of aromatic carboxylic acids is 1. The number of carboxylic acid groups (broad SMARTS) is 1. The molecule has 106 valence electrons. The summed E-state index contributed by atoms with van der Waals surface area (Å²) >= 11 is 0. The van der Waals surface area contributed by atoms with Crippen molar-refractivity contribution in [3.05, 3.63) is 11.9 Å². The number of aromatic nitrogens is 3. The Bertz CT molecular complexity index is 443. The van der Waals surface area contributed by atoms with E-state index < -0.39 is 5.97 Å². The first-order valence-corrected chi connectivity index (χ1v) is 6.07. The minimum Gasteiger partial charge on any atom is -0.476 e. The molecule has 0 aliphatic rings. The summed E-state index contributed by atoms with van der Waals surface area (Å²) < 4.78 is 1.42. The number of hydrogen-bond donors (Lipinski definition) is 3. The molecule has 0 saturated carbocycles. The van der Waals surface area contributed by atoms with Crippen LogP contribution in [0.2, 0.25) is 0 Å².